The van der Waals surface area contributed by atoms with Crippen molar-refractivity contribution in [1.29, 1.82) is 0 Å². The Labute approximate surface area is 109 Å². The number of nitrogens with two attached hydrogens (primary N) is 1. The standard InChI is InChI=1S/C15H23FN2/c1-12-6-7-15(9-12,11-17)18(2)10-13-4-3-5-14(16)8-13/h3-5,8,12H,6-7,9-11,17H2,1-2H3. The second kappa shape index (κ2) is 5.37. The molecule has 0 radical (unpaired) electrons. The minimum absolute atomic E-state index is 0.103. The van der Waals surface area contributed by atoms with Crippen molar-refractivity contribution in [1.82, 2.24) is 4.90 Å². The van der Waals surface area contributed by atoms with Crippen LogP contribution in [0.4, 0.5) is 4.39 Å². The number of hydrogen-bond acceptors (Lipinski definition) is 2. The van der Waals surface area contributed by atoms with Crippen LogP contribution >= 0.6 is 0 Å². The van der Waals surface area contributed by atoms with Crippen LogP contribution in [0.3, 0.4) is 0 Å². The first-order valence-electron chi connectivity index (χ1n) is 6.71. The Morgan fingerprint density at radius 2 is 2.28 bits per heavy atom. The van der Waals surface area contributed by atoms with Gasteiger partial charge in [-0.05, 0) is 49.9 Å². The van der Waals surface area contributed by atoms with E-state index in [0.29, 0.717) is 6.54 Å². The molecule has 0 aliphatic heterocycles. The third-order valence-electron chi connectivity index (χ3n) is 4.33. The summed E-state index contributed by atoms with van der Waals surface area (Å²) in [7, 11) is 2.11. The van der Waals surface area contributed by atoms with Crippen LogP contribution in [0.2, 0.25) is 0 Å². The van der Waals surface area contributed by atoms with Gasteiger partial charge in [0.2, 0.25) is 0 Å². The molecule has 2 N–H and O–H groups in total. The maximum absolute atomic E-state index is 13.2. The van der Waals surface area contributed by atoms with E-state index < -0.39 is 0 Å². The van der Waals surface area contributed by atoms with Gasteiger partial charge in [0.25, 0.3) is 0 Å². The Balaban J connectivity index is 2.09. The Morgan fingerprint density at radius 1 is 1.50 bits per heavy atom. The molecule has 1 fully saturated rings. The predicted molar refractivity (Wildman–Crippen MR) is 72.7 cm³/mol. The average molecular weight is 250 g/mol. The third-order valence-corrected chi connectivity index (χ3v) is 4.33. The highest BCUT2D eigenvalue weighted by Gasteiger charge is 2.39. The van der Waals surface area contributed by atoms with Gasteiger partial charge in [-0.1, -0.05) is 19.1 Å². The SMILES string of the molecule is CC1CCC(CN)(N(C)Cc2cccc(F)c2)C1. The van der Waals surface area contributed by atoms with E-state index >= 15 is 0 Å². The van der Waals surface area contributed by atoms with Crippen molar-refractivity contribution in [3.05, 3.63) is 35.6 Å². The van der Waals surface area contributed by atoms with Crippen molar-refractivity contribution < 1.29 is 4.39 Å². The summed E-state index contributed by atoms with van der Waals surface area (Å²) in [5, 5.41) is 0. The molecule has 0 amide bonds. The van der Waals surface area contributed by atoms with Crippen LogP contribution in [0.1, 0.15) is 31.7 Å². The molecule has 0 saturated heterocycles. The van der Waals surface area contributed by atoms with E-state index in [4.69, 9.17) is 5.73 Å². The van der Waals surface area contributed by atoms with Crippen molar-refractivity contribution in [3.8, 4) is 0 Å². The topological polar surface area (TPSA) is 29.3 Å². The lowest BCUT2D eigenvalue weighted by atomic mass is 9.94. The van der Waals surface area contributed by atoms with Crippen molar-refractivity contribution in [2.24, 2.45) is 11.7 Å². The lowest BCUT2D eigenvalue weighted by Crippen LogP contribution is -2.49. The molecule has 2 nitrogen and oxygen atoms in total. The van der Waals surface area contributed by atoms with Gasteiger partial charge in [-0.15, -0.1) is 0 Å². The Bertz CT molecular complexity index is 407. The summed E-state index contributed by atoms with van der Waals surface area (Å²) in [5.41, 5.74) is 7.12. The summed E-state index contributed by atoms with van der Waals surface area (Å²) in [6.45, 7) is 3.73. The second-order valence-corrected chi connectivity index (χ2v) is 5.76. The zero-order chi connectivity index (χ0) is 13.2. The maximum atomic E-state index is 13.2. The van der Waals surface area contributed by atoms with Gasteiger partial charge in [0.1, 0.15) is 5.82 Å². The molecule has 18 heavy (non-hydrogen) atoms. The number of hydrogen-bond donors (Lipinski definition) is 1. The van der Waals surface area contributed by atoms with Gasteiger partial charge >= 0.3 is 0 Å². The van der Waals surface area contributed by atoms with E-state index in [1.54, 1.807) is 12.1 Å². The van der Waals surface area contributed by atoms with E-state index in [9.17, 15) is 4.39 Å². The van der Waals surface area contributed by atoms with Gasteiger partial charge in [-0.2, -0.15) is 0 Å². The number of likely N-dealkylation sites (N-methyl/N-ethyl adjacent to an activating group) is 1. The molecule has 1 saturated carbocycles. The summed E-state index contributed by atoms with van der Waals surface area (Å²) in [6, 6.07) is 6.84. The van der Waals surface area contributed by atoms with Crippen LogP contribution in [0.5, 0.6) is 0 Å². The first-order valence-corrected chi connectivity index (χ1v) is 6.71. The minimum Gasteiger partial charge on any atom is -0.329 e. The Morgan fingerprint density at radius 3 is 2.83 bits per heavy atom. The summed E-state index contributed by atoms with van der Waals surface area (Å²) < 4.78 is 13.2. The smallest absolute Gasteiger partial charge is 0.123 e. The third kappa shape index (κ3) is 2.73. The molecule has 0 spiro atoms. The fraction of sp³-hybridized carbons (Fsp3) is 0.600. The van der Waals surface area contributed by atoms with E-state index in [0.717, 1.165) is 30.9 Å². The molecular formula is C15H23FN2. The summed E-state index contributed by atoms with van der Waals surface area (Å²) in [4.78, 5) is 2.31. The van der Waals surface area contributed by atoms with Crippen molar-refractivity contribution in [2.45, 2.75) is 38.3 Å². The molecule has 2 rings (SSSR count). The largest absolute Gasteiger partial charge is 0.329 e. The second-order valence-electron chi connectivity index (χ2n) is 5.76. The van der Waals surface area contributed by atoms with Gasteiger partial charge in [0.05, 0.1) is 0 Å². The molecule has 3 heteroatoms. The highest BCUT2D eigenvalue weighted by molar-refractivity contribution is 5.16. The Hall–Kier alpha value is -0.930. The molecule has 0 bridgehead atoms. The first-order chi connectivity index (χ1) is 8.55. The van der Waals surface area contributed by atoms with E-state index in [2.05, 4.69) is 18.9 Å². The normalized spacial score (nSPS) is 27.9. The Kier molecular flexibility index (Phi) is 4.03. The molecule has 2 unspecified atom stereocenters. The van der Waals surface area contributed by atoms with Gasteiger partial charge in [-0.25, -0.2) is 4.39 Å². The quantitative estimate of drug-likeness (QED) is 0.890. The summed E-state index contributed by atoms with van der Waals surface area (Å²) in [5.74, 6) is 0.575. The number of rotatable bonds is 4. The van der Waals surface area contributed by atoms with Crippen molar-refractivity contribution in [3.63, 3.8) is 0 Å². The lowest BCUT2D eigenvalue weighted by Gasteiger charge is -2.38. The highest BCUT2D eigenvalue weighted by Crippen LogP contribution is 2.38. The molecule has 1 aliphatic carbocycles. The van der Waals surface area contributed by atoms with Crippen LogP contribution in [-0.2, 0) is 6.54 Å². The van der Waals surface area contributed by atoms with Gasteiger partial charge in [0, 0.05) is 18.6 Å². The molecule has 1 aromatic carbocycles. The van der Waals surface area contributed by atoms with E-state index in [1.807, 2.05) is 6.07 Å². The fourth-order valence-electron chi connectivity index (χ4n) is 3.13. The highest BCUT2D eigenvalue weighted by atomic mass is 19.1. The first kappa shape index (κ1) is 13.5. The monoisotopic (exact) mass is 250 g/mol. The van der Waals surface area contributed by atoms with Gasteiger partial charge in [-0.3, -0.25) is 4.90 Å². The fourth-order valence-corrected chi connectivity index (χ4v) is 3.13. The van der Waals surface area contributed by atoms with Crippen LogP contribution in [0.15, 0.2) is 24.3 Å². The average Bonchev–Trinajstić information content (AvgIpc) is 2.72. The predicted octanol–water partition coefficient (Wildman–Crippen LogP) is 2.78. The van der Waals surface area contributed by atoms with Gasteiger partial charge < -0.3 is 5.73 Å². The molecule has 2 atom stereocenters. The molecular weight excluding hydrogens is 227 g/mol. The molecule has 1 aliphatic rings. The van der Waals surface area contributed by atoms with Crippen molar-refractivity contribution >= 4 is 0 Å². The molecule has 1 aromatic rings. The van der Waals surface area contributed by atoms with E-state index in [1.165, 1.54) is 12.5 Å². The number of nitrogens with zero attached hydrogens (tertiary/aromatic N) is 1. The molecule has 0 heterocycles. The van der Waals surface area contributed by atoms with E-state index in [-0.39, 0.29) is 11.4 Å². The van der Waals surface area contributed by atoms with Crippen LogP contribution < -0.4 is 5.73 Å². The van der Waals surface area contributed by atoms with Gasteiger partial charge in [0.15, 0.2) is 0 Å². The molecule has 0 aromatic heterocycles. The number of halogens is 1. The zero-order valence-corrected chi connectivity index (χ0v) is 11.3. The number of benzene rings is 1. The summed E-state index contributed by atoms with van der Waals surface area (Å²) in [6.07, 6.45) is 3.54. The lowest BCUT2D eigenvalue weighted by molar-refractivity contribution is 0.120. The zero-order valence-electron chi connectivity index (χ0n) is 11.3. The maximum Gasteiger partial charge on any atom is 0.123 e. The minimum atomic E-state index is -0.164. The summed E-state index contributed by atoms with van der Waals surface area (Å²) >= 11 is 0. The van der Waals surface area contributed by atoms with Crippen LogP contribution in [-0.4, -0.2) is 24.0 Å². The van der Waals surface area contributed by atoms with Crippen molar-refractivity contribution in [2.75, 3.05) is 13.6 Å². The molecule has 100 valence electrons. The van der Waals surface area contributed by atoms with Crippen LogP contribution in [0, 0.1) is 11.7 Å². The van der Waals surface area contributed by atoms with Crippen LogP contribution in [0.25, 0.3) is 0 Å².